The molecule has 0 saturated carbocycles. The Labute approximate surface area is 189 Å². The number of benzene rings is 2. The summed E-state index contributed by atoms with van der Waals surface area (Å²) >= 11 is 5.84. The van der Waals surface area contributed by atoms with Gasteiger partial charge in [-0.05, 0) is 35.4 Å². The van der Waals surface area contributed by atoms with Crippen LogP contribution in [0.2, 0.25) is 0 Å². The Morgan fingerprint density at radius 1 is 0.968 bits per heavy atom. The number of aliphatic hydroxyl groups is 1. The molecule has 166 valence electrons. The summed E-state index contributed by atoms with van der Waals surface area (Å²) < 4.78 is 13.4. The molecule has 6 heteroatoms. The Bertz CT molecular complexity index is 909. The molecule has 1 heterocycles. The number of aliphatic hydroxyl groups excluding tert-OH is 1. The maximum Gasteiger partial charge on any atom is 0.119 e. The van der Waals surface area contributed by atoms with Gasteiger partial charge in [-0.15, -0.1) is 11.6 Å². The van der Waals surface area contributed by atoms with Crippen molar-refractivity contribution in [3.05, 3.63) is 78.4 Å². The molecular formula is C25H31ClN2O3. The number of aromatic nitrogens is 2. The van der Waals surface area contributed by atoms with Gasteiger partial charge in [0.05, 0.1) is 19.5 Å². The molecule has 0 spiro atoms. The van der Waals surface area contributed by atoms with Crippen LogP contribution in [0.3, 0.4) is 0 Å². The molecular weight excluding hydrogens is 412 g/mol. The second-order valence-electron chi connectivity index (χ2n) is 8.47. The third kappa shape index (κ3) is 6.49. The van der Waals surface area contributed by atoms with Crippen molar-refractivity contribution in [1.29, 1.82) is 0 Å². The predicted molar refractivity (Wildman–Crippen MR) is 124 cm³/mol. The van der Waals surface area contributed by atoms with Gasteiger partial charge in [-0.1, -0.05) is 45.0 Å². The fraction of sp³-hybridized carbons (Fsp3) is 0.400. The van der Waals surface area contributed by atoms with E-state index in [-0.39, 0.29) is 12.0 Å². The average Bonchev–Trinajstić information content (AvgIpc) is 3.29. The van der Waals surface area contributed by atoms with E-state index >= 15 is 0 Å². The van der Waals surface area contributed by atoms with Crippen molar-refractivity contribution in [2.45, 2.75) is 38.8 Å². The van der Waals surface area contributed by atoms with Crippen LogP contribution in [0.5, 0.6) is 11.5 Å². The SMILES string of the molecule is C[C@@H](CCl)COc1ccc(C(C)(C)c2ccc(OC[C@@H](O)Cn3ccnc3)cc2)cc1. The minimum atomic E-state index is -0.599. The minimum absolute atomic E-state index is 0.165. The third-order valence-electron chi connectivity index (χ3n) is 5.37. The molecule has 31 heavy (non-hydrogen) atoms. The molecule has 0 aliphatic rings. The molecule has 0 saturated heterocycles. The number of hydrogen-bond donors (Lipinski definition) is 1. The normalized spacial score (nSPS) is 13.6. The smallest absolute Gasteiger partial charge is 0.119 e. The second-order valence-corrected chi connectivity index (χ2v) is 8.78. The summed E-state index contributed by atoms with van der Waals surface area (Å²) in [6.07, 6.45) is 4.59. The monoisotopic (exact) mass is 442 g/mol. The van der Waals surface area contributed by atoms with Crippen LogP contribution in [0.1, 0.15) is 31.9 Å². The molecule has 2 atom stereocenters. The fourth-order valence-electron chi connectivity index (χ4n) is 3.27. The van der Waals surface area contributed by atoms with Gasteiger partial charge in [-0.3, -0.25) is 0 Å². The number of nitrogens with zero attached hydrogens (tertiary/aromatic N) is 2. The zero-order valence-corrected chi connectivity index (χ0v) is 19.1. The van der Waals surface area contributed by atoms with Gasteiger partial charge in [0.25, 0.3) is 0 Å². The second kappa shape index (κ2) is 10.7. The lowest BCUT2D eigenvalue weighted by molar-refractivity contribution is 0.0924. The van der Waals surface area contributed by atoms with E-state index in [1.807, 2.05) is 35.0 Å². The van der Waals surface area contributed by atoms with Crippen molar-refractivity contribution >= 4 is 11.6 Å². The quantitative estimate of drug-likeness (QED) is 0.429. The number of rotatable bonds is 11. The van der Waals surface area contributed by atoms with Crippen LogP contribution in [0.4, 0.5) is 0 Å². The standard InChI is InChI=1S/C25H31ClN2O3/c1-19(14-26)16-30-23-8-4-20(5-9-23)25(2,3)21-6-10-24(11-7-21)31-17-22(29)15-28-13-12-27-18-28/h4-13,18-19,22,29H,14-17H2,1-3H3/t19-,22-/m0/s1. The Kier molecular flexibility index (Phi) is 7.99. The van der Waals surface area contributed by atoms with E-state index in [2.05, 4.69) is 50.0 Å². The molecule has 3 aromatic rings. The minimum Gasteiger partial charge on any atom is -0.493 e. The van der Waals surface area contributed by atoms with Crippen molar-refractivity contribution in [3.8, 4) is 11.5 Å². The summed E-state index contributed by atoms with van der Waals surface area (Å²) in [6.45, 7) is 7.76. The van der Waals surface area contributed by atoms with E-state index in [9.17, 15) is 5.11 Å². The maximum atomic E-state index is 10.1. The van der Waals surface area contributed by atoms with Crippen LogP contribution >= 0.6 is 11.6 Å². The summed E-state index contributed by atoms with van der Waals surface area (Å²) in [7, 11) is 0. The van der Waals surface area contributed by atoms with Crippen molar-refractivity contribution in [2.24, 2.45) is 5.92 Å². The van der Waals surface area contributed by atoms with E-state index in [1.165, 1.54) is 11.1 Å². The lowest BCUT2D eigenvalue weighted by Gasteiger charge is -2.26. The predicted octanol–water partition coefficient (Wildman–Crippen LogP) is 4.90. The highest BCUT2D eigenvalue weighted by Crippen LogP contribution is 2.33. The lowest BCUT2D eigenvalue weighted by Crippen LogP contribution is -2.23. The molecule has 3 rings (SSSR count). The van der Waals surface area contributed by atoms with E-state index in [0.29, 0.717) is 24.9 Å². The van der Waals surface area contributed by atoms with E-state index < -0.39 is 6.10 Å². The molecule has 1 N–H and O–H groups in total. The molecule has 0 bridgehead atoms. The number of alkyl halides is 1. The summed E-state index contributed by atoms with van der Waals surface area (Å²) in [5.74, 6) is 2.51. The van der Waals surface area contributed by atoms with Gasteiger partial charge in [-0.25, -0.2) is 4.98 Å². The summed E-state index contributed by atoms with van der Waals surface area (Å²) in [6, 6.07) is 16.3. The van der Waals surface area contributed by atoms with Gasteiger partial charge in [0, 0.05) is 29.6 Å². The van der Waals surface area contributed by atoms with E-state index in [1.54, 1.807) is 12.5 Å². The van der Waals surface area contributed by atoms with Crippen molar-refractivity contribution in [1.82, 2.24) is 9.55 Å². The van der Waals surface area contributed by atoms with Crippen molar-refractivity contribution in [2.75, 3.05) is 19.1 Å². The van der Waals surface area contributed by atoms with Gasteiger partial charge >= 0.3 is 0 Å². The molecule has 0 radical (unpaired) electrons. The number of imidazole rings is 1. The van der Waals surface area contributed by atoms with Crippen LogP contribution < -0.4 is 9.47 Å². The highest BCUT2D eigenvalue weighted by atomic mass is 35.5. The Hall–Kier alpha value is -2.50. The fourth-order valence-corrected chi connectivity index (χ4v) is 3.36. The zero-order chi connectivity index (χ0) is 22.3. The number of ether oxygens (including phenoxy) is 2. The molecule has 5 nitrogen and oxygen atoms in total. The molecule has 0 aliphatic heterocycles. The Morgan fingerprint density at radius 3 is 2.00 bits per heavy atom. The topological polar surface area (TPSA) is 56.5 Å². The molecule has 0 unspecified atom stereocenters. The third-order valence-corrected chi connectivity index (χ3v) is 5.90. The van der Waals surface area contributed by atoms with Crippen LogP contribution in [0, 0.1) is 5.92 Å². The summed E-state index contributed by atoms with van der Waals surface area (Å²) in [5.41, 5.74) is 2.22. The van der Waals surface area contributed by atoms with Crippen LogP contribution in [-0.2, 0) is 12.0 Å². The molecule has 0 amide bonds. The first-order valence-electron chi connectivity index (χ1n) is 10.5. The summed E-state index contributed by atoms with van der Waals surface area (Å²) in [4.78, 5) is 3.97. The van der Waals surface area contributed by atoms with E-state index in [4.69, 9.17) is 21.1 Å². The highest BCUT2D eigenvalue weighted by molar-refractivity contribution is 6.18. The van der Waals surface area contributed by atoms with Gasteiger partial charge in [0.2, 0.25) is 0 Å². The summed E-state index contributed by atoms with van der Waals surface area (Å²) in [5, 5.41) is 10.1. The first-order valence-corrected chi connectivity index (χ1v) is 11.1. The van der Waals surface area contributed by atoms with Crippen molar-refractivity contribution < 1.29 is 14.6 Å². The van der Waals surface area contributed by atoms with Gasteiger partial charge in [0.15, 0.2) is 0 Å². The van der Waals surface area contributed by atoms with Crippen molar-refractivity contribution in [3.63, 3.8) is 0 Å². The first kappa shape index (κ1) is 23.2. The number of halogens is 1. The van der Waals surface area contributed by atoms with Gasteiger partial charge < -0.3 is 19.1 Å². The van der Waals surface area contributed by atoms with E-state index in [0.717, 1.165) is 11.5 Å². The Morgan fingerprint density at radius 2 is 1.52 bits per heavy atom. The Balaban J connectivity index is 1.57. The van der Waals surface area contributed by atoms with Crippen LogP contribution in [0.15, 0.2) is 67.3 Å². The average molecular weight is 443 g/mol. The molecule has 0 aliphatic carbocycles. The van der Waals surface area contributed by atoms with Crippen LogP contribution in [-0.4, -0.2) is 39.9 Å². The van der Waals surface area contributed by atoms with Gasteiger partial charge in [-0.2, -0.15) is 0 Å². The molecule has 1 aromatic heterocycles. The van der Waals surface area contributed by atoms with Crippen LogP contribution in [0.25, 0.3) is 0 Å². The molecule has 0 fully saturated rings. The molecule has 2 aromatic carbocycles. The number of hydrogen-bond acceptors (Lipinski definition) is 4. The van der Waals surface area contributed by atoms with Gasteiger partial charge in [0.1, 0.15) is 24.2 Å². The lowest BCUT2D eigenvalue weighted by atomic mass is 9.78. The largest absolute Gasteiger partial charge is 0.493 e. The zero-order valence-electron chi connectivity index (χ0n) is 18.4. The highest BCUT2D eigenvalue weighted by Gasteiger charge is 2.23. The first-order chi connectivity index (χ1) is 14.9. The maximum absolute atomic E-state index is 10.1.